The second-order valence-corrected chi connectivity index (χ2v) is 13.2. The Morgan fingerprint density at radius 3 is 2.20 bits per heavy atom. The van der Waals surface area contributed by atoms with Crippen molar-refractivity contribution in [3.05, 3.63) is 83.3 Å². The zero-order valence-electron chi connectivity index (χ0n) is 24.1. The Morgan fingerprint density at radius 1 is 0.875 bits per heavy atom. The molecule has 40 heavy (non-hydrogen) atoms. The van der Waals surface area contributed by atoms with E-state index >= 15 is 0 Å². The molecule has 4 aromatic rings. The van der Waals surface area contributed by atoms with Gasteiger partial charge < -0.3 is 13.9 Å². The lowest BCUT2D eigenvalue weighted by Gasteiger charge is -2.43. The van der Waals surface area contributed by atoms with Gasteiger partial charge in [-0.05, 0) is 53.2 Å². The molecule has 208 valence electrons. The summed E-state index contributed by atoms with van der Waals surface area (Å²) < 4.78 is 10.2. The Morgan fingerprint density at radius 2 is 1.55 bits per heavy atom. The van der Waals surface area contributed by atoms with E-state index < -0.39 is 0 Å². The van der Waals surface area contributed by atoms with Crippen LogP contribution in [0.4, 0.5) is 0 Å². The number of morpholine rings is 1. The second-order valence-electron chi connectivity index (χ2n) is 13.2. The van der Waals surface area contributed by atoms with Gasteiger partial charge in [0.25, 0.3) is 5.56 Å². The first kappa shape index (κ1) is 25.8. The molecule has 5 nitrogen and oxygen atoms in total. The average molecular weight is 536 g/mol. The molecule has 7 rings (SSSR count). The van der Waals surface area contributed by atoms with Gasteiger partial charge in [-0.3, -0.25) is 9.69 Å². The Hall–Kier alpha value is -3.15. The zero-order chi connectivity index (χ0) is 27.5. The second kappa shape index (κ2) is 9.74. The molecule has 3 atom stereocenters. The van der Waals surface area contributed by atoms with Crippen molar-refractivity contribution >= 4 is 10.9 Å². The van der Waals surface area contributed by atoms with Crippen LogP contribution in [0, 0.1) is 16.7 Å². The third-order valence-corrected chi connectivity index (χ3v) is 10.5. The highest BCUT2D eigenvalue weighted by molar-refractivity contribution is 6.04. The summed E-state index contributed by atoms with van der Waals surface area (Å²) in [6.45, 7) is 12.4. The lowest BCUT2D eigenvalue weighted by Crippen LogP contribution is -2.41. The monoisotopic (exact) mass is 535 g/mol. The summed E-state index contributed by atoms with van der Waals surface area (Å²) in [4.78, 5) is 17.3. The lowest BCUT2D eigenvalue weighted by atomic mass is 9.68. The maximum Gasteiger partial charge on any atom is 0.260 e. The molecular weight excluding hydrogens is 494 g/mol. The van der Waals surface area contributed by atoms with Crippen molar-refractivity contribution in [1.82, 2.24) is 14.0 Å². The topological polar surface area (TPSA) is 39.4 Å². The van der Waals surface area contributed by atoms with Gasteiger partial charge in [-0.1, -0.05) is 81.4 Å². The number of ether oxygens (including phenoxy) is 1. The van der Waals surface area contributed by atoms with Gasteiger partial charge in [0.1, 0.15) is 0 Å². The van der Waals surface area contributed by atoms with Crippen molar-refractivity contribution < 1.29 is 4.74 Å². The van der Waals surface area contributed by atoms with E-state index in [1.807, 2.05) is 0 Å². The molecule has 2 aliphatic carbocycles. The van der Waals surface area contributed by atoms with E-state index in [1.54, 1.807) is 0 Å². The number of nitrogens with zero attached hydrogens (tertiary/aromatic N) is 3. The van der Waals surface area contributed by atoms with Crippen molar-refractivity contribution in [1.29, 1.82) is 0 Å². The van der Waals surface area contributed by atoms with Gasteiger partial charge in [0.05, 0.1) is 29.8 Å². The van der Waals surface area contributed by atoms with Crippen LogP contribution in [-0.2, 0) is 11.3 Å². The van der Waals surface area contributed by atoms with Crippen molar-refractivity contribution in [2.45, 2.75) is 52.6 Å². The first-order valence-electron chi connectivity index (χ1n) is 15.1. The fourth-order valence-corrected chi connectivity index (χ4v) is 8.63. The van der Waals surface area contributed by atoms with E-state index in [9.17, 15) is 4.79 Å². The normalized spacial score (nSPS) is 26.1. The van der Waals surface area contributed by atoms with Gasteiger partial charge in [0, 0.05) is 44.0 Å². The van der Waals surface area contributed by atoms with E-state index in [-0.39, 0.29) is 22.4 Å². The van der Waals surface area contributed by atoms with Crippen molar-refractivity contribution in [2.75, 3.05) is 32.8 Å². The number of benzene rings is 2. The number of rotatable bonds is 6. The molecule has 3 aliphatic rings. The zero-order valence-corrected chi connectivity index (χ0v) is 24.1. The van der Waals surface area contributed by atoms with Crippen LogP contribution in [0.3, 0.4) is 0 Å². The molecule has 0 radical (unpaired) electrons. The summed E-state index contributed by atoms with van der Waals surface area (Å²) in [7, 11) is 0. The summed E-state index contributed by atoms with van der Waals surface area (Å²) in [5, 5.41) is 0.858. The Bertz CT molecular complexity index is 1580. The molecule has 2 aromatic carbocycles. The molecule has 2 bridgehead atoms. The minimum Gasteiger partial charge on any atom is -0.379 e. The van der Waals surface area contributed by atoms with E-state index in [4.69, 9.17) is 4.74 Å². The summed E-state index contributed by atoms with van der Waals surface area (Å²) in [5.74, 6) is 0.677. The maximum atomic E-state index is 14.8. The van der Waals surface area contributed by atoms with Crippen molar-refractivity contribution in [2.24, 2.45) is 16.7 Å². The fourth-order valence-electron chi connectivity index (χ4n) is 8.63. The highest BCUT2D eigenvalue weighted by Crippen LogP contribution is 2.67. The Labute approximate surface area is 237 Å². The van der Waals surface area contributed by atoms with Gasteiger partial charge in [-0.2, -0.15) is 0 Å². The van der Waals surface area contributed by atoms with Crippen molar-refractivity contribution in [3.8, 4) is 22.4 Å². The SMILES string of the molecule is CC12CCC(C1)C(C)(C)[C@H]2n1ccc2c(c(-c3ccccc3)c(-c3ccccc3)n2CCN2CCOCC2)c1=O. The summed E-state index contributed by atoms with van der Waals surface area (Å²) >= 11 is 0. The number of hydrogen-bond donors (Lipinski definition) is 0. The highest BCUT2D eigenvalue weighted by Gasteiger charge is 2.60. The van der Waals surface area contributed by atoms with Crippen molar-refractivity contribution in [3.63, 3.8) is 0 Å². The molecule has 5 heteroatoms. The minimum absolute atomic E-state index is 0.0958. The molecular formula is C35H41N3O2. The third-order valence-electron chi connectivity index (χ3n) is 10.5. The summed E-state index contributed by atoms with van der Waals surface area (Å²) in [6, 6.07) is 23.6. The number of fused-ring (bicyclic) bond motifs is 3. The lowest BCUT2D eigenvalue weighted by molar-refractivity contribution is 0.0366. The molecule has 0 N–H and O–H groups in total. The quantitative estimate of drug-likeness (QED) is 0.271. The van der Waals surface area contributed by atoms with Gasteiger partial charge >= 0.3 is 0 Å². The maximum absolute atomic E-state index is 14.8. The van der Waals surface area contributed by atoms with Crippen LogP contribution in [0.5, 0.6) is 0 Å². The predicted molar refractivity (Wildman–Crippen MR) is 163 cm³/mol. The van der Waals surface area contributed by atoms with Gasteiger partial charge in [-0.25, -0.2) is 0 Å². The van der Waals surface area contributed by atoms with Crippen LogP contribution in [0.2, 0.25) is 0 Å². The van der Waals surface area contributed by atoms with E-state index in [0.29, 0.717) is 5.92 Å². The largest absolute Gasteiger partial charge is 0.379 e. The van der Waals surface area contributed by atoms with Gasteiger partial charge in [0.2, 0.25) is 0 Å². The number of hydrogen-bond acceptors (Lipinski definition) is 3. The molecule has 1 saturated heterocycles. The first-order chi connectivity index (χ1) is 19.4. The van der Waals surface area contributed by atoms with Crippen LogP contribution < -0.4 is 5.56 Å². The number of pyridine rings is 1. The van der Waals surface area contributed by atoms with E-state index in [1.165, 1.54) is 19.3 Å². The van der Waals surface area contributed by atoms with E-state index in [0.717, 1.165) is 72.7 Å². The minimum atomic E-state index is 0.0958. The molecule has 2 saturated carbocycles. The van der Waals surface area contributed by atoms with E-state index in [2.05, 4.69) is 108 Å². The first-order valence-corrected chi connectivity index (χ1v) is 15.1. The van der Waals surface area contributed by atoms with Gasteiger partial charge in [0.15, 0.2) is 0 Å². The van der Waals surface area contributed by atoms with Crippen LogP contribution in [0.15, 0.2) is 77.7 Å². The third kappa shape index (κ3) is 4.01. The standard InChI is InChI=1S/C35H41N3O2/c1-34(2)27-14-16-35(3,24-27)33(34)38-17-15-28-30(32(38)39)29(25-10-6-4-7-11-25)31(26-12-8-5-9-13-26)37(28)19-18-36-20-22-40-23-21-36/h4-13,15,17,27,33H,14,16,18-24H2,1-3H3/t27?,33-,35?/m1/s1. The molecule has 1 aliphatic heterocycles. The van der Waals surface area contributed by atoms with Crippen LogP contribution in [0.1, 0.15) is 46.1 Å². The molecule has 2 unspecified atom stereocenters. The Balaban J connectivity index is 1.48. The molecule has 2 aromatic heterocycles. The molecule has 0 spiro atoms. The molecule has 3 heterocycles. The summed E-state index contributed by atoms with van der Waals surface area (Å²) in [6.07, 6.45) is 5.83. The highest BCUT2D eigenvalue weighted by atomic mass is 16.5. The molecule has 3 fully saturated rings. The van der Waals surface area contributed by atoms with Crippen LogP contribution >= 0.6 is 0 Å². The Kier molecular flexibility index (Phi) is 6.28. The predicted octanol–water partition coefficient (Wildman–Crippen LogP) is 6.86. The summed E-state index contributed by atoms with van der Waals surface area (Å²) in [5.41, 5.74) is 5.92. The van der Waals surface area contributed by atoms with Gasteiger partial charge in [-0.15, -0.1) is 0 Å². The average Bonchev–Trinajstić information content (AvgIpc) is 3.59. The van der Waals surface area contributed by atoms with Crippen LogP contribution in [-0.4, -0.2) is 46.9 Å². The van der Waals surface area contributed by atoms with Crippen LogP contribution in [0.25, 0.3) is 33.3 Å². The molecule has 0 amide bonds. The smallest absolute Gasteiger partial charge is 0.260 e. The fraction of sp³-hybridized carbons (Fsp3) is 0.457. The number of aromatic nitrogens is 2.